The van der Waals surface area contributed by atoms with Gasteiger partial charge in [0.25, 0.3) is 0 Å². The van der Waals surface area contributed by atoms with Crippen molar-refractivity contribution in [2.75, 3.05) is 6.54 Å². The molecule has 0 radical (unpaired) electrons. The number of nitrogens with zero attached hydrogens (tertiary/aromatic N) is 3. The van der Waals surface area contributed by atoms with E-state index in [1.807, 2.05) is 30.3 Å². The zero-order valence-corrected chi connectivity index (χ0v) is 20.7. The van der Waals surface area contributed by atoms with E-state index in [1.54, 1.807) is 29.4 Å². The van der Waals surface area contributed by atoms with Gasteiger partial charge in [0.2, 0.25) is 11.8 Å². The lowest BCUT2D eigenvalue weighted by Crippen LogP contribution is -2.53. The summed E-state index contributed by atoms with van der Waals surface area (Å²) in [5.41, 5.74) is 2.33. The van der Waals surface area contributed by atoms with Crippen LogP contribution in [-0.2, 0) is 29.2 Å². The Balaban J connectivity index is 1.47. The highest BCUT2D eigenvalue weighted by Crippen LogP contribution is 2.27. The van der Waals surface area contributed by atoms with Gasteiger partial charge >= 0.3 is 0 Å². The lowest BCUT2D eigenvalue weighted by atomic mass is 9.85. The van der Waals surface area contributed by atoms with Crippen molar-refractivity contribution in [2.45, 2.75) is 51.5 Å². The number of aliphatic hydroxyl groups is 1. The second kappa shape index (κ2) is 12.4. The number of rotatable bonds is 10. The number of ether oxygens (including phenoxy) is 1. The third kappa shape index (κ3) is 7.33. The van der Waals surface area contributed by atoms with Gasteiger partial charge in [-0.2, -0.15) is 10.2 Å². The zero-order chi connectivity index (χ0) is 26.2. The van der Waals surface area contributed by atoms with Gasteiger partial charge in [0.05, 0.1) is 24.3 Å². The molecule has 0 spiro atoms. The molecular formula is C28H31FN4O4. The van der Waals surface area contributed by atoms with Crippen molar-refractivity contribution in [3.63, 3.8) is 0 Å². The molecule has 0 saturated carbocycles. The SMILES string of the molecule is CC(=O)N[C@@H](Cc1cc(F)cc(OCc2ccnnc2)c1)[C@H](O)[C@@H]1CCCN(Cc2ccccc2)C1=O. The van der Waals surface area contributed by atoms with E-state index in [0.29, 0.717) is 30.8 Å². The first-order valence-electron chi connectivity index (χ1n) is 12.3. The van der Waals surface area contributed by atoms with Gasteiger partial charge in [-0.3, -0.25) is 9.59 Å². The number of hydrogen-bond acceptors (Lipinski definition) is 6. The number of aromatic nitrogens is 2. The molecule has 0 unspecified atom stereocenters. The standard InChI is InChI=1S/C28H31FN4O4/c1-19(34)32-26(14-22-12-23(29)15-24(13-22)37-18-21-9-10-30-31-16-21)27(35)25-8-5-11-33(28(25)36)17-20-6-3-2-4-7-20/h2-4,6-7,9-10,12-13,15-16,25-27,35H,5,8,11,14,17-18H2,1H3,(H,32,34)/t25-,26-,27+/m0/s1. The number of halogens is 1. The molecule has 1 fully saturated rings. The summed E-state index contributed by atoms with van der Waals surface area (Å²) >= 11 is 0. The minimum Gasteiger partial charge on any atom is -0.489 e. The second-order valence-electron chi connectivity index (χ2n) is 9.33. The molecule has 1 aliphatic rings. The average molecular weight is 507 g/mol. The van der Waals surface area contributed by atoms with E-state index >= 15 is 0 Å². The highest BCUT2D eigenvalue weighted by molar-refractivity contribution is 5.80. The molecule has 9 heteroatoms. The first kappa shape index (κ1) is 26.2. The number of carbonyl (C=O) groups is 2. The maximum Gasteiger partial charge on any atom is 0.228 e. The molecule has 3 atom stereocenters. The van der Waals surface area contributed by atoms with Crippen LogP contribution in [0.5, 0.6) is 5.75 Å². The lowest BCUT2D eigenvalue weighted by molar-refractivity contribution is -0.145. The van der Waals surface area contributed by atoms with Crippen LogP contribution in [0.4, 0.5) is 4.39 Å². The third-order valence-electron chi connectivity index (χ3n) is 6.44. The Morgan fingerprint density at radius 1 is 1.16 bits per heavy atom. The van der Waals surface area contributed by atoms with E-state index in [1.165, 1.54) is 19.1 Å². The molecule has 1 saturated heterocycles. The summed E-state index contributed by atoms with van der Waals surface area (Å²) in [7, 11) is 0. The summed E-state index contributed by atoms with van der Waals surface area (Å²) in [6, 6.07) is 14.9. The number of nitrogens with one attached hydrogen (secondary N) is 1. The van der Waals surface area contributed by atoms with E-state index in [2.05, 4.69) is 15.5 Å². The van der Waals surface area contributed by atoms with E-state index in [-0.39, 0.29) is 24.8 Å². The number of amides is 2. The summed E-state index contributed by atoms with van der Waals surface area (Å²) in [5, 5.41) is 21.6. The van der Waals surface area contributed by atoms with Crippen molar-refractivity contribution in [3.8, 4) is 5.75 Å². The van der Waals surface area contributed by atoms with Crippen LogP contribution in [-0.4, -0.2) is 50.7 Å². The van der Waals surface area contributed by atoms with Crippen molar-refractivity contribution >= 4 is 11.8 Å². The minimum atomic E-state index is -1.13. The lowest BCUT2D eigenvalue weighted by Gasteiger charge is -2.37. The summed E-state index contributed by atoms with van der Waals surface area (Å²) in [6.45, 7) is 2.61. The van der Waals surface area contributed by atoms with Crippen LogP contribution in [0, 0.1) is 11.7 Å². The molecule has 2 aromatic carbocycles. The Bertz CT molecular complexity index is 1200. The molecular weight excluding hydrogens is 475 g/mol. The van der Waals surface area contributed by atoms with E-state index in [4.69, 9.17) is 4.74 Å². The van der Waals surface area contributed by atoms with Crippen LogP contribution in [0.3, 0.4) is 0 Å². The molecule has 2 N–H and O–H groups in total. The van der Waals surface area contributed by atoms with Gasteiger partial charge < -0.3 is 20.1 Å². The highest BCUT2D eigenvalue weighted by atomic mass is 19.1. The summed E-state index contributed by atoms with van der Waals surface area (Å²) in [6.07, 6.45) is 3.36. The van der Waals surface area contributed by atoms with Crippen molar-refractivity contribution in [2.24, 2.45) is 5.92 Å². The van der Waals surface area contributed by atoms with Crippen LogP contribution in [0.25, 0.3) is 0 Å². The predicted molar refractivity (Wildman–Crippen MR) is 135 cm³/mol. The van der Waals surface area contributed by atoms with Crippen LogP contribution in [0.1, 0.15) is 36.5 Å². The van der Waals surface area contributed by atoms with Crippen molar-refractivity contribution in [3.05, 3.63) is 89.5 Å². The number of likely N-dealkylation sites (tertiary alicyclic amines) is 1. The van der Waals surface area contributed by atoms with Crippen LogP contribution < -0.4 is 10.1 Å². The monoisotopic (exact) mass is 506 g/mol. The fraction of sp³-hybridized carbons (Fsp3) is 0.357. The van der Waals surface area contributed by atoms with Gasteiger partial charge in [0.15, 0.2) is 0 Å². The number of hydrogen-bond donors (Lipinski definition) is 2. The normalized spacial score (nSPS) is 17.2. The van der Waals surface area contributed by atoms with Crippen molar-refractivity contribution in [1.82, 2.24) is 20.4 Å². The summed E-state index contributed by atoms with van der Waals surface area (Å²) < 4.78 is 20.2. The number of carbonyl (C=O) groups excluding carboxylic acids is 2. The maximum absolute atomic E-state index is 14.4. The van der Waals surface area contributed by atoms with Gasteiger partial charge in [-0.05, 0) is 48.6 Å². The topological polar surface area (TPSA) is 105 Å². The van der Waals surface area contributed by atoms with Gasteiger partial charge in [0.1, 0.15) is 18.2 Å². The molecule has 4 rings (SSSR count). The van der Waals surface area contributed by atoms with Gasteiger partial charge in [-0.15, -0.1) is 0 Å². The van der Waals surface area contributed by atoms with E-state index in [0.717, 1.165) is 17.5 Å². The van der Waals surface area contributed by atoms with E-state index < -0.39 is 23.9 Å². The molecule has 1 aromatic heterocycles. The summed E-state index contributed by atoms with van der Waals surface area (Å²) in [4.78, 5) is 27.0. The zero-order valence-electron chi connectivity index (χ0n) is 20.7. The van der Waals surface area contributed by atoms with Crippen molar-refractivity contribution in [1.29, 1.82) is 0 Å². The number of piperidine rings is 1. The molecule has 0 bridgehead atoms. The molecule has 3 aromatic rings. The molecule has 0 aliphatic carbocycles. The highest BCUT2D eigenvalue weighted by Gasteiger charge is 2.38. The predicted octanol–water partition coefficient (Wildman–Crippen LogP) is 3.04. The van der Waals surface area contributed by atoms with Crippen LogP contribution in [0.15, 0.2) is 67.0 Å². The Morgan fingerprint density at radius 3 is 2.70 bits per heavy atom. The van der Waals surface area contributed by atoms with Gasteiger partial charge in [-0.1, -0.05) is 30.3 Å². The minimum absolute atomic E-state index is 0.133. The molecule has 37 heavy (non-hydrogen) atoms. The smallest absolute Gasteiger partial charge is 0.228 e. The Morgan fingerprint density at radius 2 is 1.97 bits per heavy atom. The summed E-state index contributed by atoms with van der Waals surface area (Å²) in [5.74, 6) is -1.35. The average Bonchev–Trinajstić information content (AvgIpc) is 2.89. The quantitative estimate of drug-likeness (QED) is 0.438. The second-order valence-corrected chi connectivity index (χ2v) is 9.33. The molecule has 2 heterocycles. The third-order valence-corrected chi connectivity index (χ3v) is 6.44. The van der Waals surface area contributed by atoms with Gasteiger partial charge in [-0.25, -0.2) is 4.39 Å². The van der Waals surface area contributed by atoms with Crippen molar-refractivity contribution < 1.29 is 23.8 Å². The molecule has 194 valence electrons. The maximum atomic E-state index is 14.4. The number of aliphatic hydroxyl groups excluding tert-OH is 1. The Hall–Kier alpha value is -3.85. The molecule has 1 aliphatic heterocycles. The first-order valence-corrected chi connectivity index (χ1v) is 12.3. The van der Waals surface area contributed by atoms with Crippen LogP contribution in [0.2, 0.25) is 0 Å². The molecule has 2 amide bonds. The number of benzene rings is 2. The fourth-order valence-electron chi connectivity index (χ4n) is 4.69. The largest absolute Gasteiger partial charge is 0.489 e. The van der Waals surface area contributed by atoms with Crippen LogP contribution >= 0.6 is 0 Å². The Labute approximate surface area is 215 Å². The first-order chi connectivity index (χ1) is 17.9. The molecule has 8 nitrogen and oxygen atoms in total. The Kier molecular flexibility index (Phi) is 8.79. The van der Waals surface area contributed by atoms with E-state index in [9.17, 15) is 19.1 Å². The van der Waals surface area contributed by atoms with Gasteiger partial charge in [0, 0.05) is 37.8 Å². The fourth-order valence-corrected chi connectivity index (χ4v) is 4.69.